The van der Waals surface area contributed by atoms with E-state index in [4.69, 9.17) is 9.47 Å². The molecule has 0 fully saturated rings. The smallest absolute Gasteiger partial charge is 0.229 e. The van der Waals surface area contributed by atoms with Crippen LogP contribution in [-0.4, -0.2) is 23.3 Å². The van der Waals surface area contributed by atoms with E-state index in [-0.39, 0.29) is 6.79 Å². The summed E-state index contributed by atoms with van der Waals surface area (Å²) in [5, 5.41) is 0. The van der Waals surface area contributed by atoms with Crippen molar-refractivity contribution in [2.45, 2.75) is 13.5 Å². The molecule has 0 atom stereocenters. The summed E-state index contributed by atoms with van der Waals surface area (Å²) >= 11 is 1.73. The molecule has 2 aromatic carbocycles. The van der Waals surface area contributed by atoms with Crippen molar-refractivity contribution in [1.82, 2.24) is 9.97 Å². The summed E-state index contributed by atoms with van der Waals surface area (Å²) in [4.78, 5) is 12.6. The van der Waals surface area contributed by atoms with E-state index in [1.807, 2.05) is 6.07 Å². The maximum Gasteiger partial charge on any atom is 0.229 e. The molecule has 0 aliphatic carbocycles. The van der Waals surface area contributed by atoms with E-state index >= 15 is 0 Å². The Morgan fingerprint density at radius 1 is 1.00 bits per heavy atom. The van der Waals surface area contributed by atoms with Crippen molar-refractivity contribution in [1.29, 1.82) is 0 Å². The summed E-state index contributed by atoms with van der Waals surface area (Å²) in [5.74, 6) is 1.71. The molecular formula is C24H21N3O2S. The number of thiophene rings is 1. The molecule has 0 bridgehead atoms. The molecular weight excluding hydrogens is 394 g/mol. The topological polar surface area (TPSA) is 47.5 Å². The molecule has 0 radical (unpaired) electrons. The fourth-order valence-electron chi connectivity index (χ4n) is 3.60. The van der Waals surface area contributed by atoms with E-state index in [1.165, 1.54) is 21.6 Å². The van der Waals surface area contributed by atoms with Crippen molar-refractivity contribution in [3.8, 4) is 10.4 Å². The fraction of sp³-hybridized carbons (Fsp3) is 0.167. The highest BCUT2D eigenvalue weighted by Gasteiger charge is 2.20. The van der Waals surface area contributed by atoms with Crippen molar-refractivity contribution in [2.75, 3.05) is 18.2 Å². The van der Waals surface area contributed by atoms with Crippen LogP contribution in [0.25, 0.3) is 20.7 Å². The molecule has 0 spiro atoms. The van der Waals surface area contributed by atoms with E-state index in [2.05, 4.69) is 76.4 Å². The lowest BCUT2D eigenvalue weighted by Gasteiger charge is -2.24. The van der Waals surface area contributed by atoms with Gasteiger partial charge in [0.05, 0.1) is 16.8 Å². The Morgan fingerprint density at radius 2 is 1.83 bits per heavy atom. The van der Waals surface area contributed by atoms with E-state index in [1.54, 1.807) is 23.9 Å². The van der Waals surface area contributed by atoms with Crippen molar-refractivity contribution in [3.05, 3.63) is 90.1 Å². The summed E-state index contributed by atoms with van der Waals surface area (Å²) in [6, 6.07) is 21.0. The largest absolute Gasteiger partial charge is 0.462 e. The second-order valence-corrected chi connectivity index (χ2v) is 8.24. The van der Waals surface area contributed by atoms with E-state index in [9.17, 15) is 0 Å². The molecule has 0 saturated carbocycles. The normalized spacial score (nSPS) is 13.0. The number of aryl methyl sites for hydroxylation is 1. The SMILES string of the molecule is Cc1ccccc1-c1cc2ncnc(N(CC3=COCO3)Cc3ccccc3)c2s1. The summed E-state index contributed by atoms with van der Waals surface area (Å²) in [7, 11) is 0. The monoisotopic (exact) mass is 415 g/mol. The number of ether oxygens (including phenoxy) is 2. The molecule has 0 N–H and O–H groups in total. The highest BCUT2D eigenvalue weighted by atomic mass is 32.1. The standard InChI is InChI=1S/C24H21N3O2S/c1-17-7-5-6-10-20(17)22-11-21-23(30-22)24(26-15-25-21)27(13-19-14-28-16-29-19)12-18-8-3-2-4-9-18/h2-11,14-15H,12-13,16H2,1H3. The molecule has 5 nitrogen and oxygen atoms in total. The van der Waals surface area contributed by atoms with Crippen LogP contribution in [0.15, 0.2) is 79.0 Å². The van der Waals surface area contributed by atoms with Crippen LogP contribution in [0.2, 0.25) is 0 Å². The van der Waals surface area contributed by atoms with Crippen LogP contribution in [0.1, 0.15) is 11.1 Å². The van der Waals surface area contributed by atoms with Crippen molar-refractivity contribution in [3.63, 3.8) is 0 Å². The highest BCUT2D eigenvalue weighted by molar-refractivity contribution is 7.22. The molecule has 0 amide bonds. The maximum atomic E-state index is 5.60. The van der Waals surface area contributed by atoms with E-state index < -0.39 is 0 Å². The van der Waals surface area contributed by atoms with Gasteiger partial charge in [0.2, 0.25) is 6.79 Å². The number of anilines is 1. The molecule has 3 heterocycles. The van der Waals surface area contributed by atoms with Crippen molar-refractivity contribution >= 4 is 27.4 Å². The third-order valence-corrected chi connectivity index (χ3v) is 6.25. The van der Waals surface area contributed by atoms with Crippen LogP contribution in [0.5, 0.6) is 0 Å². The summed E-state index contributed by atoms with van der Waals surface area (Å²) in [5.41, 5.74) is 4.65. The lowest BCUT2D eigenvalue weighted by molar-refractivity contribution is 0.0797. The first-order chi connectivity index (χ1) is 14.8. The quantitative estimate of drug-likeness (QED) is 0.415. The van der Waals surface area contributed by atoms with Gasteiger partial charge in [0.1, 0.15) is 12.6 Å². The van der Waals surface area contributed by atoms with Crippen molar-refractivity contribution < 1.29 is 9.47 Å². The van der Waals surface area contributed by atoms with E-state index in [0.717, 1.165) is 21.8 Å². The zero-order valence-corrected chi connectivity index (χ0v) is 17.4. The van der Waals surface area contributed by atoms with E-state index in [0.29, 0.717) is 13.1 Å². The van der Waals surface area contributed by atoms with Gasteiger partial charge in [-0.15, -0.1) is 11.3 Å². The number of hydrogen-bond donors (Lipinski definition) is 0. The molecule has 5 rings (SSSR count). The Kier molecular flexibility index (Phi) is 5.07. The van der Waals surface area contributed by atoms with Gasteiger partial charge in [-0.1, -0.05) is 54.6 Å². The van der Waals surface area contributed by atoms with Gasteiger partial charge in [-0.3, -0.25) is 0 Å². The Bertz CT molecular complexity index is 1200. The number of hydrogen-bond acceptors (Lipinski definition) is 6. The first kappa shape index (κ1) is 18.6. The van der Waals surface area contributed by atoms with Crippen LogP contribution < -0.4 is 4.90 Å². The summed E-state index contributed by atoms with van der Waals surface area (Å²) < 4.78 is 11.9. The number of rotatable bonds is 6. The van der Waals surface area contributed by atoms with Gasteiger partial charge < -0.3 is 14.4 Å². The predicted molar refractivity (Wildman–Crippen MR) is 120 cm³/mol. The molecule has 2 aromatic heterocycles. The zero-order valence-electron chi connectivity index (χ0n) is 16.6. The van der Waals surface area contributed by atoms with Gasteiger partial charge in [-0.2, -0.15) is 0 Å². The molecule has 6 heteroatoms. The molecule has 30 heavy (non-hydrogen) atoms. The Hall–Kier alpha value is -3.38. The minimum atomic E-state index is 0.268. The number of fused-ring (bicyclic) bond motifs is 1. The number of aromatic nitrogens is 2. The van der Waals surface area contributed by atoms with Crippen LogP contribution in [0.4, 0.5) is 5.82 Å². The van der Waals surface area contributed by atoms with Crippen LogP contribution >= 0.6 is 11.3 Å². The van der Waals surface area contributed by atoms with Crippen molar-refractivity contribution in [2.24, 2.45) is 0 Å². The van der Waals surface area contributed by atoms with Crippen LogP contribution in [-0.2, 0) is 16.0 Å². The second-order valence-electron chi connectivity index (χ2n) is 7.19. The van der Waals surface area contributed by atoms with Crippen LogP contribution in [0, 0.1) is 6.92 Å². The lowest BCUT2D eigenvalue weighted by Crippen LogP contribution is -2.26. The van der Waals surface area contributed by atoms with Gasteiger partial charge in [-0.25, -0.2) is 9.97 Å². The van der Waals surface area contributed by atoms with Crippen LogP contribution in [0.3, 0.4) is 0 Å². The molecule has 1 aliphatic rings. The minimum absolute atomic E-state index is 0.268. The number of nitrogens with zero attached hydrogens (tertiary/aromatic N) is 3. The molecule has 150 valence electrons. The average molecular weight is 416 g/mol. The zero-order chi connectivity index (χ0) is 20.3. The third-order valence-electron chi connectivity index (χ3n) is 5.09. The molecule has 0 unspecified atom stereocenters. The highest BCUT2D eigenvalue weighted by Crippen LogP contribution is 2.38. The lowest BCUT2D eigenvalue weighted by atomic mass is 10.1. The summed E-state index contributed by atoms with van der Waals surface area (Å²) in [6.07, 6.45) is 3.33. The first-order valence-corrected chi connectivity index (χ1v) is 10.6. The average Bonchev–Trinajstić information content (AvgIpc) is 3.44. The fourth-order valence-corrected chi connectivity index (χ4v) is 4.82. The predicted octanol–water partition coefficient (Wildman–Crippen LogP) is 5.52. The second kappa shape index (κ2) is 8.16. The van der Waals surface area contributed by atoms with Gasteiger partial charge in [0.25, 0.3) is 0 Å². The van der Waals surface area contributed by atoms with Gasteiger partial charge >= 0.3 is 0 Å². The van der Waals surface area contributed by atoms with Gasteiger partial charge in [-0.05, 0) is 29.7 Å². The first-order valence-electron chi connectivity index (χ1n) is 9.81. The Morgan fingerprint density at radius 3 is 2.63 bits per heavy atom. The minimum Gasteiger partial charge on any atom is -0.462 e. The third kappa shape index (κ3) is 3.74. The van der Waals surface area contributed by atoms with Gasteiger partial charge in [0, 0.05) is 11.4 Å². The molecule has 4 aromatic rings. The Labute approximate surface area is 179 Å². The molecule has 1 aliphatic heterocycles. The molecule has 0 saturated heterocycles. The van der Waals surface area contributed by atoms with Gasteiger partial charge in [0.15, 0.2) is 11.6 Å². The Balaban J connectivity index is 1.57. The number of benzene rings is 2. The maximum absolute atomic E-state index is 5.60. The summed E-state index contributed by atoms with van der Waals surface area (Å²) in [6.45, 7) is 3.70.